The zero-order chi connectivity index (χ0) is 48.2. The Kier molecular flexibility index (Phi) is 17.9. The van der Waals surface area contributed by atoms with E-state index >= 15 is 0 Å². The summed E-state index contributed by atoms with van der Waals surface area (Å²) in [7, 11) is 0. The molecule has 2 fully saturated rings. The summed E-state index contributed by atoms with van der Waals surface area (Å²) >= 11 is 0. The van der Waals surface area contributed by atoms with Crippen molar-refractivity contribution >= 4 is 24.1 Å². The highest BCUT2D eigenvalue weighted by Crippen LogP contribution is 2.30. The van der Waals surface area contributed by atoms with Crippen LogP contribution < -0.4 is 20.5 Å². The summed E-state index contributed by atoms with van der Waals surface area (Å²) in [4.78, 5) is 49.8. The molecule has 2 aromatic rings. The van der Waals surface area contributed by atoms with Crippen LogP contribution in [0.25, 0.3) is 0 Å². The number of nitrogens with one attached hydrogen (secondary N) is 1. The molecule has 23 heteroatoms. The van der Waals surface area contributed by atoms with Crippen LogP contribution in [0.4, 0.5) is 44.7 Å². The van der Waals surface area contributed by atoms with Gasteiger partial charge in [0.2, 0.25) is 0 Å². The lowest BCUT2D eigenvalue weighted by Gasteiger charge is -2.38. The minimum Gasteiger partial charge on any atom is -0.478 e. The van der Waals surface area contributed by atoms with Crippen LogP contribution in [0.15, 0.2) is 48.5 Å². The van der Waals surface area contributed by atoms with Crippen molar-refractivity contribution in [2.45, 2.75) is 115 Å². The van der Waals surface area contributed by atoms with Gasteiger partial charge in [-0.1, -0.05) is 0 Å². The van der Waals surface area contributed by atoms with E-state index in [1.54, 1.807) is 25.7 Å². The van der Waals surface area contributed by atoms with Crippen LogP contribution in [-0.2, 0) is 9.47 Å². The molecule has 0 spiro atoms. The Morgan fingerprint density at radius 2 is 1.02 bits per heavy atom. The van der Waals surface area contributed by atoms with Gasteiger partial charge in [0, 0.05) is 44.6 Å². The summed E-state index contributed by atoms with van der Waals surface area (Å²) < 4.78 is 117. The van der Waals surface area contributed by atoms with Gasteiger partial charge in [0.25, 0.3) is 5.91 Å². The van der Waals surface area contributed by atoms with Crippen molar-refractivity contribution in [3.8, 4) is 23.6 Å². The van der Waals surface area contributed by atoms with Gasteiger partial charge < -0.3 is 44.9 Å². The molecule has 3 amide bonds. The Bertz CT molecular complexity index is 1950. The van der Waals surface area contributed by atoms with Crippen LogP contribution in [0.3, 0.4) is 0 Å². The monoisotopic (exact) mass is 908 g/mol. The standard InChI is InChI=1S/C20H23F4N3O4.C11H19N3O2.C9H6F4O3/c1-18(2,3)31-17(29)27-10-8-19(12-25,9-11-27)26-15(28)13-4-6-14(7-5-13)30-20(23,24)16(21)22;1-10(2,3)16-9(15)14-6-4-11(13,8-12)5-7-14;10-8(11)9(12,13)16-6-3-1-5(2-4-6)7(14)15/h4-7,16H,8-11H2,1-3H3,(H,26,28);4-7,13H2,1-3H3;1-4,8H,(H,14,15). The number of amides is 3. The second kappa shape index (κ2) is 21.3. The number of carboxylic acid groups (broad SMARTS) is 1. The number of carbonyl (C=O) groups is 4. The van der Waals surface area contributed by atoms with Crippen molar-refractivity contribution in [3.63, 3.8) is 0 Å². The number of piperidine rings is 2. The third-order valence-corrected chi connectivity index (χ3v) is 8.60. The zero-order valence-electron chi connectivity index (χ0n) is 35.0. The molecule has 0 radical (unpaired) electrons. The average molecular weight is 909 g/mol. The first-order chi connectivity index (χ1) is 28.9. The molecule has 4 N–H and O–H groups in total. The summed E-state index contributed by atoms with van der Waals surface area (Å²) in [6.45, 7) is 12.1. The van der Waals surface area contributed by atoms with Crippen LogP contribution in [0.1, 0.15) is 87.9 Å². The summed E-state index contributed by atoms with van der Waals surface area (Å²) in [6.07, 6.45) is -16.7. The Balaban J connectivity index is 0.000000359. The number of halogens is 8. The van der Waals surface area contributed by atoms with E-state index in [9.17, 15) is 59.6 Å². The van der Waals surface area contributed by atoms with Gasteiger partial charge in [-0.25, -0.2) is 14.4 Å². The third kappa shape index (κ3) is 17.3. The molecule has 348 valence electrons. The van der Waals surface area contributed by atoms with E-state index in [1.807, 2.05) is 20.8 Å². The van der Waals surface area contributed by atoms with E-state index in [0.717, 1.165) is 48.5 Å². The van der Waals surface area contributed by atoms with Crippen LogP contribution in [0.5, 0.6) is 11.5 Å². The fourth-order valence-corrected chi connectivity index (χ4v) is 5.22. The number of carboxylic acids is 1. The molecule has 0 unspecified atom stereocenters. The molecule has 2 aromatic carbocycles. The predicted octanol–water partition coefficient (Wildman–Crippen LogP) is 7.81. The fourth-order valence-electron chi connectivity index (χ4n) is 5.22. The van der Waals surface area contributed by atoms with Crippen LogP contribution >= 0.6 is 0 Å². The number of alkyl halides is 8. The summed E-state index contributed by atoms with van der Waals surface area (Å²) in [5, 5.41) is 29.5. The molecule has 2 aliphatic heterocycles. The van der Waals surface area contributed by atoms with Crippen LogP contribution in [-0.4, -0.2) is 112 Å². The summed E-state index contributed by atoms with van der Waals surface area (Å²) in [5.41, 5.74) is 2.52. The van der Waals surface area contributed by atoms with Crippen molar-refractivity contribution in [3.05, 3.63) is 59.7 Å². The SMILES string of the molecule is CC(C)(C)OC(=O)N1CCC(C#N)(NC(=O)c2ccc(OC(F)(F)C(F)F)cc2)CC1.CC(C)(C)OC(=O)N1CCC(N)(C#N)CC1.O=C(O)c1ccc(OC(F)(F)C(F)F)cc1. The first kappa shape index (κ1) is 53.0. The predicted molar refractivity (Wildman–Crippen MR) is 205 cm³/mol. The molecule has 15 nitrogen and oxygen atoms in total. The smallest absolute Gasteiger partial charge is 0.461 e. The molecule has 0 atom stereocenters. The van der Waals surface area contributed by atoms with Crippen molar-refractivity contribution in [2.75, 3.05) is 26.2 Å². The number of carbonyl (C=O) groups excluding carboxylic acids is 3. The van der Waals surface area contributed by atoms with Crippen molar-refractivity contribution in [2.24, 2.45) is 5.73 Å². The van der Waals surface area contributed by atoms with E-state index < -0.39 is 76.8 Å². The third-order valence-electron chi connectivity index (χ3n) is 8.60. The van der Waals surface area contributed by atoms with E-state index in [4.69, 9.17) is 25.6 Å². The van der Waals surface area contributed by atoms with Gasteiger partial charge in [-0.15, -0.1) is 0 Å². The van der Waals surface area contributed by atoms with Gasteiger partial charge >= 0.3 is 43.2 Å². The van der Waals surface area contributed by atoms with Crippen LogP contribution in [0, 0.1) is 22.7 Å². The lowest BCUT2D eigenvalue weighted by atomic mass is 9.88. The molecule has 2 heterocycles. The van der Waals surface area contributed by atoms with Gasteiger partial charge in [-0.2, -0.15) is 45.6 Å². The maximum absolute atomic E-state index is 13.0. The summed E-state index contributed by atoms with van der Waals surface area (Å²) in [6, 6.07) is 12.0. The van der Waals surface area contributed by atoms with Gasteiger partial charge in [-0.05, 0) is 103 Å². The zero-order valence-corrected chi connectivity index (χ0v) is 35.0. The number of nitrogens with two attached hydrogens (primary N) is 1. The maximum Gasteiger partial charge on any atom is 0.461 e. The highest BCUT2D eigenvalue weighted by molar-refractivity contribution is 5.95. The molecular formula is C40H48F8N6O9. The molecule has 2 aliphatic rings. The normalized spacial score (nSPS) is 16.1. The van der Waals surface area contributed by atoms with Gasteiger partial charge in [0.1, 0.15) is 33.8 Å². The number of benzene rings is 2. The molecule has 4 rings (SSSR count). The maximum atomic E-state index is 13.0. The molecule has 0 aliphatic carbocycles. The number of hydrogen-bond acceptors (Lipinski definition) is 11. The minimum absolute atomic E-state index is 0.0249. The summed E-state index contributed by atoms with van der Waals surface area (Å²) in [5.74, 6) is -2.98. The Hall–Kier alpha value is -6.10. The minimum atomic E-state index is -4.66. The molecular weight excluding hydrogens is 860 g/mol. The van der Waals surface area contributed by atoms with Gasteiger partial charge in [0.05, 0.1) is 17.7 Å². The largest absolute Gasteiger partial charge is 0.478 e. The number of likely N-dealkylation sites (tertiary alicyclic amines) is 2. The second-order valence-electron chi connectivity index (χ2n) is 16.1. The first-order valence-electron chi connectivity index (χ1n) is 18.9. The number of aromatic carboxylic acids is 1. The molecule has 0 aromatic heterocycles. The van der Waals surface area contributed by atoms with Gasteiger partial charge in [-0.3, -0.25) is 4.79 Å². The van der Waals surface area contributed by atoms with E-state index in [0.29, 0.717) is 25.9 Å². The average Bonchev–Trinajstić information content (AvgIpc) is 3.17. The molecule has 2 saturated heterocycles. The second-order valence-corrected chi connectivity index (χ2v) is 16.1. The number of nitriles is 2. The fraction of sp³-hybridized carbons (Fsp3) is 0.550. The highest BCUT2D eigenvalue weighted by Gasteiger charge is 2.45. The highest BCUT2D eigenvalue weighted by atomic mass is 19.3. The van der Waals surface area contributed by atoms with E-state index in [-0.39, 0.29) is 43.2 Å². The molecule has 0 saturated carbocycles. The lowest BCUT2D eigenvalue weighted by molar-refractivity contribution is -0.253. The lowest BCUT2D eigenvalue weighted by Crippen LogP contribution is -2.55. The number of rotatable bonds is 9. The molecule has 0 bridgehead atoms. The number of ether oxygens (including phenoxy) is 4. The van der Waals surface area contributed by atoms with Gasteiger partial charge in [0.15, 0.2) is 0 Å². The van der Waals surface area contributed by atoms with Crippen LogP contribution in [0.2, 0.25) is 0 Å². The van der Waals surface area contributed by atoms with Crippen molar-refractivity contribution < 1.29 is 78.4 Å². The van der Waals surface area contributed by atoms with Crippen molar-refractivity contribution in [1.29, 1.82) is 10.5 Å². The topological polar surface area (TPSA) is 218 Å². The Morgan fingerprint density at radius 3 is 1.32 bits per heavy atom. The molecule has 63 heavy (non-hydrogen) atoms. The first-order valence-corrected chi connectivity index (χ1v) is 18.9. The quantitative estimate of drug-likeness (QED) is 0.205. The number of hydrogen-bond donors (Lipinski definition) is 3. The Labute approximate surface area is 357 Å². The van der Waals surface area contributed by atoms with E-state index in [1.165, 1.54) is 4.90 Å². The number of nitrogens with zero attached hydrogens (tertiary/aromatic N) is 4. The van der Waals surface area contributed by atoms with E-state index in [2.05, 4.69) is 26.9 Å². The Morgan fingerprint density at radius 1 is 0.667 bits per heavy atom. The van der Waals surface area contributed by atoms with Crippen molar-refractivity contribution in [1.82, 2.24) is 15.1 Å².